The molecule has 0 saturated carbocycles. The van der Waals surface area contributed by atoms with E-state index in [1.807, 2.05) is 145 Å². The van der Waals surface area contributed by atoms with Crippen LogP contribution in [0.1, 0.15) is 0 Å². The molecule has 8 rings (SSSR count). The van der Waals surface area contributed by atoms with Crippen molar-refractivity contribution in [3.63, 3.8) is 0 Å². The third-order valence-corrected chi connectivity index (χ3v) is 7.51. The molecule has 0 amide bonds. The van der Waals surface area contributed by atoms with E-state index in [0.717, 1.165) is 33.8 Å². The van der Waals surface area contributed by atoms with E-state index >= 15 is 0 Å². The summed E-state index contributed by atoms with van der Waals surface area (Å²) >= 11 is 0. The Hall–Kier alpha value is -5.79. The summed E-state index contributed by atoms with van der Waals surface area (Å²) in [4.78, 5) is 8.50. The summed E-state index contributed by atoms with van der Waals surface area (Å²) in [6, 6.07) is 56.4. The van der Waals surface area contributed by atoms with Gasteiger partial charge in [0, 0.05) is 62.2 Å². The molecule has 54 heavy (non-hydrogen) atoms. The first-order valence-electron chi connectivity index (χ1n) is 16.2. The fourth-order valence-electron chi connectivity index (χ4n) is 5.07. The summed E-state index contributed by atoms with van der Waals surface area (Å²) in [5.74, 6) is 3.62. The van der Waals surface area contributed by atoms with Crippen molar-refractivity contribution in [2.45, 2.75) is 0 Å². The van der Waals surface area contributed by atoms with Crippen molar-refractivity contribution in [3.8, 4) is 62.9 Å². The average molecular weight is 1060 g/mol. The quantitative estimate of drug-likeness (QED) is 0.106. The minimum Gasteiger partial charge on any atom is -0.669 e. The molecule has 5 aromatic carbocycles. The molecule has 0 saturated heterocycles. The van der Waals surface area contributed by atoms with Crippen molar-refractivity contribution in [1.82, 2.24) is 14.5 Å². The normalized spacial score (nSPS) is 11.3. The summed E-state index contributed by atoms with van der Waals surface area (Å²) in [6.07, 6.45) is 15.7. The van der Waals surface area contributed by atoms with E-state index in [9.17, 15) is 0 Å². The van der Waals surface area contributed by atoms with Gasteiger partial charge in [0.25, 0.3) is 0 Å². The van der Waals surface area contributed by atoms with Gasteiger partial charge in [0.1, 0.15) is 5.75 Å². The third kappa shape index (κ3) is 10.6. The van der Waals surface area contributed by atoms with Gasteiger partial charge in [0.2, 0.25) is 0 Å². The molecule has 0 N–H and O–H groups in total. The van der Waals surface area contributed by atoms with Crippen LogP contribution in [0.2, 0.25) is 0 Å². The van der Waals surface area contributed by atoms with Gasteiger partial charge >= 0.3 is 21.1 Å². The summed E-state index contributed by atoms with van der Waals surface area (Å²) in [6.45, 7) is 1.97. The Morgan fingerprint density at radius 1 is 0.648 bits per heavy atom. The van der Waals surface area contributed by atoms with E-state index in [1.165, 1.54) is 0 Å². The van der Waals surface area contributed by atoms with Crippen LogP contribution in [0.25, 0.3) is 22.4 Å². The Kier molecular flexibility index (Phi) is 14.1. The molecular weight excluding hydrogens is 1030 g/mol. The molecule has 9 heteroatoms. The zero-order valence-electron chi connectivity index (χ0n) is 28.7. The van der Waals surface area contributed by atoms with Crippen molar-refractivity contribution in [2.24, 2.45) is 0 Å². The molecule has 0 aliphatic carbocycles. The number of rotatable bonds is 9. The molecular formula is C45H29N4O3Pt2-3. The zero-order valence-corrected chi connectivity index (χ0v) is 33.2. The standard InChI is InChI=1S/C39H25N3O3.C6H4N.2Pt/c1-41-21-22-42(28-41)32-11-7-16-36(26-32)44-35-15-6-10-31(24-35)39-25-30(19-20-40-39)29-9-5-14-34(23-29)45-38-18-8-17-37(27-38)43-33-12-3-2-4-13-33;1-2-7-5-3-4-6-7;;/h2-17,20-22,25,27-28H,1H3;3-6H;;/q-6;-1;;+4. The number of para-hydroxylation sites is 1. The van der Waals surface area contributed by atoms with Gasteiger partial charge in [-0.1, -0.05) is 42.2 Å². The molecule has 0 radical (unpaired) electrons. The van der Waals surface area contributed by atoms with Crippen LogP contribution >= 0.6 is 0 Å². The molecule has 1 aliphatic rings. The van der Waals surface area contributed by atoms with Crippen LogP contribution in [0.4, 0.5) is 5.69 Å². The maximum absolute atomic E-state index is 6.57. The van der Waals surface area contributed by atoms with Crippen molar-refractivity contribution in [3.05, 3.63) is 196 Å². The predicted octanol–water partition coefficient (Wildman–Crippen LogP) is 10.0. The van der Waals surface area contributed by atoms with Gasteiger partial charge in [-0.2, -0.15) is 30.9 Å². The monoisotopic (exact) mass is 1060 g/mol. The summed E-state index contributed by atoms with van der Waals surface area (Å²) < 4.78 is 19.7. The Morgan fingerprint density at radius 2 is 1.33 bits per heavy atom. The maximum atomic E-state index is 6.57. The minimum atomic E-state index is 0. The molecule has 0 spiro atoms. The number of ether oxygens (including phenoxy) is 3. The summed E-state index contributed by atoms with van der Waals surface area (Å²) in [7, 11) is 1.97. The fraction of sp³-hybridized carbons (Fsp3) is 0.0222. The van der Waals surface area contributed by atoms with E-state index in [0.29, 0.717) is 28.7 Å². The number of aromatic nitrogens is 2. The first-order chi connectivity index (χ1) is 25.6. The van der Waals surface area contributed by atoms with Crippen LogP contribution in [-0.4, -0.2) is 21.5 Å². The van der Waals surface area contributed by atoms with Crippen molar-refractivity contribution in [1.29, 1.82) is 0 Å². The summed E-state index contributed by atoms with van der Waals surface area (Å²) in [5, 5.41) is 0. The van der Waals surface area contributed by atoms with Gasteiger partial charge in [0.05, 0.1) is 0 Å². The largest absolute Gasteiger partial charge is 4.00 e. The predicted molar refractivity (Wildman–Crippen MR) is 199 cm³/mol. The second kappa shape index (κ2) is 19.3. The molecule has 270 valence electrons. The topological polar surface area (TPSA) is 52.0 Å². The molecule has 7 nitrogen and oxygen atoms in total. The van der Waals surface area contributed by atoms with Gasteiger partial charge in [-0.05, 0) is 43.7 Å². The van der Waals surface area contributed by atoms with Gasteiger partial charge in [-0.25, -0.2) is 24.2 Å². The van der Waals surface area contributed by atoms with Crippen LogP contribution in [0.15, 0.2) is 152 Å². The van der Waals surface area contributed by atoms with Crippen LogP contribution in [-0.2, 0) is 42.1 Å². The number of benzene rings is 5. The maximum Gasteiger partial charge on any atom is 4.00 e. The van der Waals surface area contributed by atoms with Crippen LogP contribution in [0, 0.1) is 49.5 Å². The average Bonchev–Trinajstić information content (AvgIpc) is 3.89. The minimum absolute atomic E-state index is 0. The number of anilines is 1. The molecule has 0 bridgehead atoms. The van der Waals surface area contributed by atoms with Crippen LogP contribution < -0.4 is 19.1 Å². The molecule has 3 heterocycles. The Morgan fingerprint density at radius 3 is 2.04 bits per heavy atom. The van der Waals surface area contributed by atoms with Crippen LogP contribution in [0.3, 0.4) is 0 Å². The van der Waals surface area contributed by atoms with Gasteiger partial charge in [-0.15, -0.1) is 65.8 Å². The smallest absolute Gasteiger partial charge is 0.669 e. The van der Waals surface area contributed by atoms with E-state index in [4.69, 9.17) is 20.6 Å². The third-order valence-electron chi connectivity index (χ3n) is 7.51. The second-order valence-corrected chi connectivity index (χ2v) is 11.3. The fourth-order valence-corrected chi connectivity index (χ4v) is 5.07. The SMILES string of the molecule is CN1C=CN(c2[c-]c(Oc3[c-]c(-c4cc(-c5[c-]c(Oc6[c-]ccc(Oc7ccccc7)c6)ccc5)[c-]cn4)ccc3)ccc2)[CH-]1.[C-]#Cn1cccc1.[Pt+4].[Pt]. The molecule has 0 unspecified atom stereocenters. The molecule has 0 atom stereocenters. The molecule has 2 aromatic heterocycles. The van der Waals surface area contributed by atoms with Crippen molar-refractivity contribution >= 4 is 5.69 Å². The van der Waals surface area contributed by atoms with Crippen molar-refractivity contribution in [2.75, 3.05) is 11.9 Å². The van der Waals surface area contributed by atoms with E-state index in [1.54, 1.807) is 35.3 Å². The number of hydrogen-bond donors (Lipinski definition) is 0. The van der Waals surface area contributed by atoms with Crippen LogP contribution in [0.5, 0.6) is 34.5 Å². The zero-order chi connectivity index (χ0) is 35.5. The number of hydrogen-bond acceptors (Lipinski definition) is 6. The Labute approximate surface area is 345 Å². The summed E-state index contributed by atoms with van der Waals surface area (Å²) in [5.41, 5.74) is 4.02. The number of pyridine rings is 1. The molecule has 0 fully saturated rings. The first-order valence-corrected chi connectivity index (χ1v) is 16.2. The van der Waals surface area contributed by atoms with Crippen molar-refractivity contribution < 1.29 is 56.3 Å². The molecule has 1 aliphatic heterocycles. The van der Waals surface area contributed by atoms with E-state index < -0.39 is 0 Å². The van der Waals surface area contributed by atoms with E-state index in [-0.39, 0.29) is 42.1 Å². The number of nitrogens with zero attached hydrogens (tertiary/aromatic N) is 4. The van der Waals surface area contributed by atoms with Gasteiger partial charge in [-0.3, -0.25) is 11.1 Å². The first kappa shape index (κ1) is 39.4. The van der Waals surface area contributed by atoms with E-state index in [2.05, 4.69) is 41.4 Å². The molecule has 7 aromatic rings. The Balaban J connectivity index is 0.000000562. The van der Waals surface area contributed by atoms with Gasteiger partial charge in [0.15, 0.2) is 0 Å². The Bertz CT molecular complexity index is 2320. The second-order valence-electron chi connectivity index (χ2n) is 11.3. The van der Waals surface area contributed by atoms with Gasteiger partial charge < -0.3 is 40.0 Å².